The van der Waals surface area contributed by atoms with Crippen LogP contribution in [0.5, 0.6) is 0 Å². The second kappa shape index (κ2) is 7.79. The second-order valence-electron chi connectivity index (χ2n) is 6.61. The van der Waals surface area contributed by atoms with Gasteiger partial charge in [-0.05, 0) is 57.2 Å². The third kappa shape index (κ3) is 3.77. The summed E-state index contributed by atoms with van der Waals surface area (Å²) < 4.78 is 0. The summed E-state index contributed by atoms with van der Waals surface area (Å²) >= 11 is 1.58. The number of likely N-dealkylation sites (tertiary alicyclic amines) is 1. The summed E-state index contributed by atoms with van der Waals surface area (Å²) in [6, 6.07) is 4.60. The highest BCUT2D eigenvalue weighted by molar-refractivity contribution is 7.16. The maximum Gasteiger partial charge on any atom is 0.239 e. The zero-order valence-electron chi connectivity index (χ0n) is 13.8. The largest absolute Gasteiger partial charge is 0.315 e. The number of fused-ring (bicyclic) bond motifs is 1. The fourth-order valence-electron chi connectivity index (χ4n) is 3.54. The van der Waals surface area contributed by atoms with Crippen LogP contribution in [0, 0.1) is 28.6 Å². The summed E-state index contributed by atoms with van der Waals surface area (Å²) in [6.45, 7) is 1.92. The number of carbonyl (C=O) groups excluding carboxylic acids is 1. The van der Waals surface area contributed by atoms with Crippen LogP contribution >= 0.6 is 11.3 Å². The molecule has 0 spiro atoms. The molecule has 1 aliphatic carbocycles. The van der Waals surface area contributed by atoms with Crippen molar-refractivity contribution in [3.05, 3.63) is 16.0 Å². The van der Waals surface area contributed by atoms with Crippen molar-refractivity contribution >= 4 is 22.2 Å². The maximum atomic E-state index is 12.4. The molecule has 2 aliphatic rings. The molecular formula is C18H22N4OS. The van der Waals surface area contributed by atoms with Gasteiger partial charge in [0.15, 0.2) is 0 Å². The first kappa shape index (κ1) is 17.0. The number of anilines is 1. The molecule has 0 aromatic carbocycles. The van der Waals surface area contributed by atoms with Gasteiger partial charge in [0.1, 0.15) is 11.1 Å². The van der Waals surface area contributed by atoms with Crippen molar-refractivity contribution in [2.24, 2.45) is 5.92 Å². The molecule has 0 bridgehead atoms. The van der Waals surface area contributed by atoms with Crippen molar-refractivity contribution < 1.29 is 4.79 Å². The Morgan fingerprint density at radius 1 is 1.21 bits per heavy atom. The Labute approximate surface area is 146 Å². The lowest BCUT2D eigenvalue weighted by Gasteiger charge is -2.28. The molecule has 1 N–H and O–H groups in total. The molecule has 5 nitrogen and oxygen atoms in total. The Bertz CT molecular complexity index is 689. The number of nitrogens with zero attached hydrogens (tertiary/aromatic N) is 3. The summed E-state index contributed by atoms with van der Waals surface area (Å²) in [4.78, 5) is 15.7. The molecule has 1 saturated heterocycles. The van der Waals surface area contributed by atoms with E-state index in [1.54, 1.807) is 11.3 Å². The Morgan fingerprint density at radius 3 is 2.67 bits per heavy atom. The molecule has 1 fully saturated rings. The molecule has 24 heavy (non-hydrogen) atoms. The molecule has 0 saturated carbocycles. The lowest BCUT2D eigenvalue weighted by Crippen LogP contribution is -2.39. The standard InChI is InChI=1S/C18H22N4OS/c19-10-13-6-8-22(9-7-13)12-17(23)21-18-15(11-20)14-4-2-1-3-5-16(14)24-18/h13H,1-9,12H2,(H,21,23). The Balaban J connectivity index is 1.63. The van der Waals surface area contributed by atoms with Crippen LogP contribution in [0.3, 0.4) is 0 Å². The molecule has 1 amide bonds. The Kier molecular flexibility index (Phi) is 5.50. The number of thiophene rings is 1. The van der Waals surface area contributed by atoms with Crippen molar-refractivity contribution in [1.29, 1.82) is 10.5 Å². The van der Waals surface area contributed by atoms with Gasteiger partial charge in [-0.15, -0.1) is 11.3 Å². The molecule has 0 unspecified atom stereocenters. The van der Waals surface area contributed by atoms with Gasteiger partial charge in [-0.3, -0.25) is 9.69 Å². The lowest BCUT2D eigenvalue weighted by atomic mass is 9.99. The van der Waals surface area contributed by atoms with Gasteiger partial charge in [0.25, 0.3) is 0 Å². The molecule has 2 heterocycles. The van der Waals surface area contributed by atoms with E-state index in [4.69, 9.17) is 5.26 Å². The SMILES string of the molecule is N#Cc1c(NC(=O)CN2CCC(C#N)CC2)sc2c1CCCCC2. The maximum absolute atomic E-state index is 12.4. The van der Waals surface area contributed by atoms with E-state index in [0.717, 1.165) is 55.8 Å². The van der Waals surface area contributed by atoms with Crippen molar-refractivity contribution in [1.82, 2.24) is 4.90 Å². The number of piperidine rings is 1. The average Bonchev–Trinajstić information content (AvgIpc) is 2.75. The van der Waals surface area contributed by atoms with Gasteiger partial charge >= 0.3 is 0 Å². The van der Waals surface area contributed by atoms with Crippen LogP contribution in [0.1, 0.15) is 48.1 Å². The van der Waals surface area contributed by atoms with E-state index in [2.05, 4.69) is 22.4 Å². The minimum atomic E-state index is -0.0571. The molecular weight excluding hydrogens is 320 g/mol. The number of hydrogen-bond donors (Lipinski definition) is 1. The minimum Gasteiger partial charge on any atom is -0.315 e. The van der Waals surface area contributed by atoms with Crippen LogP contribution in [0.15, 0.2) is 0 Å². The molecule has 0 radical (unpaired) electrons. The first-order valence-electron chi connectivity index (χ1n) is 8.67. The smallest absolute Gasteiger partial charge is 0.239 e. The van der Waals surface area contributed by atoms with Crippen LogP contribution in [-0.4, -0.2) is 30.4 Å². The van der Waals surface area contributed by atoms with Gasteiger partial charge < -0.3 is 5.32 Å². The van der Waals surface area contributed by atoms with E-state index in [1.807, 2.05) is 0 Å². The highest BCUT2D eigenvalue weighted by Gasteiger charge is 2.23. The first-order chi connectivity index (χ1) is 11.7. The molecule has 6 heteroatoms. The number of hydrogen-bond acceptors (Lipinski definition) is 5. The van der Waals surface area contributed by atoms with E-state index in [1.165, 1.54) is 17.7 Å². The van der Waals surface area contributed by atoms with E-state index < -0.39 is 0 Å². The van der Waals surface area contributed by atoms with Crippen molar-refractivity contribution in [3.8, 4) is 12.1 Å². The number of aryl methyl sites for hydroxylation is 1. The summed E-state index contributed by atoms with van der Waals surface area (Å²) in [5.41, 5.74) is 1.83. The van der Waals surface area contributed by atoms with Crippen LogP contribution in [0.4, 0.5) is 5.00 Å². The van der Waals surface area contributed by atoms with E-state index in [0.29, 0.717) is 12.1 Å². The molecule has 126 valence electrons. The third-order valence-electron chi connectivity index (χ3n) is 4.92. The zero-order chi connectivity index (χ0) is 16.9. The summed E-state index contributed by atoms with van der Waals surface area (Å²) in [7, 11) is 0. The predicted molar refractivity (Wildman–Crippen MR) is 93.7 cm³/mol. The number of nitrogens with one attached hydrogen (secondary N) is 1. The van der Waals surface area contributed by atoms with Crippen LogP contribution in [-0.2, 0) is 17.6 Å². The predicted octanol–water partition coefficient (Wildman–Crippen LogP) is 3.06. The fraction of sp³-hybridized carbons (Fsp3) is 0.611. The van der Waals surface area contributed by atoms with Crippen LogP contribution < -0.4 is 5.32 Å². The van der Waals surface area contributed by atoms with Gasteiger partial charge in [-0.2, -0.15) is 10.5 Å². The monoisotopic (exact) mass is 342 g/mol. The van der Waals surface area contributed by atoms with Crippen LogP contribution in [0.2, 0.25) is 0 Å². The number of amides is 1. The van der Waals surface area contributed by atoms with Gasteiger partial charge in [-0.1, -0.05) is 6.42 Å². The molecule has 1 aromatic heterocycles. The molecule has 0 atom stereocenters. The topological polar surface area (TPSA) is 79.9 Å². The minimum absolute atomic E-state index is 0.0571. The third-order valence-corrected chi connectivity index (χ3v) is 6.13. The van der Waals surface area contributed by atoms with Gasteiger partial charge in [0.2, 0.25) is 5.91 Å². The number of carbonyl (C=O) groups is 1. The normalized spacial score (nSPS) is 18.9. The molecule has 1 aliphatic heterocycles. The number of nitriles is 2. The van der Waals surface area contributed by atoms with Crippen molar-refractivity contribution in [2.75, 3.05) is 25.0 Å². The zero-order valence-corrected chi connectivity index (χ0v) is 14.6. The first-order valence-corrected chi connectivity index (χ1v) is 9.49. The van der Waals surface area contributed by atoms with Gasteiger partial charge in [0.05, 0.1) is 18.2 Å². The average molecular weight is 342 g/mol. The van der Waals surface area contributed by atoms with E-state index in [9.17, 15) is 10.1 Å². The molecule has 3 rings (SSSR count). The quantitative estimate of drug-likeness (QED) is 0.856. The van der Waals surface area contributed by atoms with Crippen LogP contribution in [0.25, 0.3) is 0 Å². The number of rotatable bonds is 3. The van der Waals surface area contributed by atoms with Gasteiger partial charge in [0, 0.05) is 10.8 Å². The highest BCUT2D eigenvalue weighted by Crippen LogP contribution is 2.36. The Hall–Kier alpha value is -1.89. The summed E-state index contributed by atoms with van der Waals surface area (Å²) in [6.07, 6.45) is 7.14. The van der Waals surface area contributed by atoms with E-state index in [-0.39, 0.29) is 11.8 Å². The fourth-order valence-corrected chi connectivity index (χ4v) is 4.79. The lowest BCUT2D eigenvalue weighted by molar-refractivity contribution is -0.117. The second-order valence-corrected chi connectivity index (χ2v) is 7.71. The summed E-state index contributed by atoms with van der Waals surface area (Å²) in [5.74, 6) is 0.0702. The van der Waals surface area contributed by atoms with Gasteiger partial charge in [-0.25, -0.2) is 0 Å². The Morgan fingerprint density at radius 2 is 1.96 bits per heavy atom. The van der Waals surface area contributed by atoms with Crippen molar-refractivity contribution in [2.45, 2.75) is 44.9 Å². The molecule has 1 aromatic rings. The van der Waals surface area contributed by atoms with Crippen molar-refractivity contribution in [3.63, 3.8) is 0 Å². The summed E-state index contributed by atoms with van der Waals surface area (Å²) in [5, 5.41) is 22.1. The van der Waals surface area contributed by atoms with E-state index >= 15 is 0 Å². The highest BCUT2D eigenvalue weighted by atomic mass is 32.1.